The minimum Gasteiger partial charge on any atom is -0.326 e. The molecule has 2 N–H and O–H groups in total. The topological polar surface area (TPSA) is 43.8 Å². The summed E-state index contributed by atoms with van der Waals surface area (Å²) in [5, 5.41) is 6.47. The standard InChI is InChI=1S/C14H24ClN3S2/c1-4-12-14(20-7-6-19-12)10(16)8-11-13(15)9(3)17-18(11)5-2/h10,12,14H,4-8,16H2,1-3H3. The maximum Gasteiger partial charge on any atom is 0.0847 e. The largest absolute Gasteiger partial charge is 0.326 e. The van der Waals surface area contributed by atoms with Gasteiger partial charge in [0.05, 0.1) is 16.4 Å². The van der Waals surface area contributed by atoms with Crippen LogP contribution in [0.5, 0.6) is 0 Å². The molecule has 2 rings (SSSR count). The zero-order chi connectivity index (χ0) is 14.7. The van der Waals surface area contributed by atoms with E-state index in [1.165, 1.54) is 17.9 Å². The molecular weight excluding hydrogens is 310 g/mol. The molecule has 6 heteroatoms. The first kappa shape index (κ1) is 16.5. The lowest BCUT2D eigenvalue weighted by molar-refractivity contribution is 0.550. The second-order valence-corrected chi connectivity index (χ2v) is 8.19. The summed E-state index contributed by atoms with van der Waals surface area (Å²) in [7, 11) is 0. The fourth-order valence-corrected chi connectivity index (χ4v) is 6.15. The van der Waals surface area contributed by atoms with E-state index in [1.807, 2.05) is 23.4 Å². The molecule has 0 radical (unpaired) electrons. The second kappa shape index (κ2) is 7.43. The zero-order valence-electron chi connectivity index (χ0n) is 12.4. The Hall–Kier alpha value is 0.160. The molecule has 1 saturated heterocycles. The maximum absolute atomic E-state index is 6.51. The lowest BCUT2D eigenvalue weighted by Gasteiger charge is -2.34. The van der Waals surface area contributed by atoms with E-state index in [0.29, 0.717) is 10.5 Å². The number of hydrogen-bond acceptors (Lipinski definition) is 4. The first-order chi connectivity index (χ1) is 9.58. The number of halogens is 1. The van der Waals surface area contributed by atoms with Gasteiger partial charge in [-0.25, -0.2) is 0 Å². The van der Waals surface area contributed by atoms with Gasteiger partial charge in [-0.15, -0.1) is 0 Å². The monoisotopic (exact) mass is 333 g/mol. The van der Waals surface area contributed by atoms with Crippen molar-refractivity contribution in [3.05, 3.63) is 16.4 Å². The molecule has 3 unspecified atom stereocenters. The third-order valence-electron chi connectivity index (χ3n) is 3.80. The lowest BCUT2D eigenvalue weighted by atomic mass is 10.0. The predicted molar refractivity (Wildman–Crippen MR) is 92.1 cm³/mol. The van der Waals surface area contributed by atoms with Crippen LogP contribution in [-0.2, 0) is 13.0 Å². The molecule has 0 bridgehead atoms. The molecule has 0 aliphatic carbocycles. The van der Waals surface area contributed by atoms with Crippen LogP contribution in [0.3, 0.4) is 0 Å². The molecule has 3 nitrogen and oxygen atoms in total. The molecule has 2 heterocycles. The maximum atomic E-state index is 6.51. The fraction of sp³-hybridized carbons (Fsp3) is 0.786. The van der Waals surface area contributed by atoms with Gasteiger partial charge < -0.3 is 5.73 Å². The first-order valence-electron chi connectivity index (χ1n) is 7.29. The number of rotatable bonds is 5. The van der Waals surface area contributed by atoms with Gasteiger partial charge in [-0.2, -0.15) is 28.6 Å². The Morgan fingerprint density at radius 2 is 2.10 bits per heavy atom. The van der Waals surface area contributed by atoms with E-state index in [2.05, 4.69) is 30.7 Å². The molecule has 0 aromatic carbocycles. The van der Waals surface area contributed by atoms with Crippen LogP contribution in [0.25, 0.3) is 0 Å². The molecule has 1 aliphatic heterocycles. The third-order valence-corrected chi connectivity index (χ3v) is 7.72. The van der Waals surface area contributed by atoms with Crippen molar-refractivity contribution in [3.8, 4) is 0 Å². The van der Waals surface area contributed by atoms with Crippen LogP contribution in [0.15, 0.2) is 0 Å². The molecule has 1 fully saturated rings. The average molecular weight is 334 g/mol. The molecule has 114 valence electrons. The van der Waals surface area contributed by atoms with Crippen LogP contribution >= 0.6 is 35.1 Å². The van der Waals surface area contributed by atoms with E-state index in [0.717, 1.165) is 29.4 Å². The van der Waals surface area contributed by atoms with E-state index < -0.39 is 0 Å². The molecule has 1 aromatic heterocycles. The van der Waals surface area contributed by atoms with Crippen molar-refractivity contribution >= 4 is 35.1 Å². The van der Waals surface area contributed by atoms with Crippen LogP contribution in [0.1, 0.15) is 31.7 Å². The molecule has 1 aliphatic rings. The number of thioether (sulfide) groups is 2. The van der Waals surface area contributed by atoms with Crippen LogP contribution in [0.4, 0.5) is 0 Å². The fourth-order valence-electron chi connectivity index (χ4n) is 2.74. The Kier molecular flexibility index (Phi) is 6.14. The van der Waals surface area contributed by atoms with Gasteiger partial charge in [0.1, 0.15) is 0 Å². The highest BCUT2D eigenvalue weighted by Gasteiger charge is 2.31. The van der Waals surface area contributed by atoms with Gasteiger partial charge in [-0.1, -0.05) is 18.5 Å². The minimum absolute atomic E-state index is 0.150. The van der Waals surface area contributed by atoms with Crippen molar-refractivity contribution in [3.63, 3.8) is 0 Å². The summed E-state index contributed by atoms with van der Waals surface area (Å²) < 4.78 is 2.00. The Morgan fingerprint density at radius 3 is 2.75 bits per heavy atom. The van der Waals surface area contributed by atoms with E-state index in [9.17, 15) is 0 Å². The van der Waals surface area contributed by atoms with E-state index in [1.54, 1.807) is 0 Å². The molecule has 0 spiro atoms. The summed E-state index contributed by atoms with van der Waals surface area (Å²) in [4.78, 5) is 0. The highest BCUT2D eigenvalue weighted by molar-refractivity contribution is 8.07. The summed E-state index contributed by atoms with van der Waals surface area (Å²) in [6.07, 6.45) is 2.01. The van der Waals surface area contributed by atoms with Gasteiger partial charge >= 0.3 is 0 Å². The Balaban J connectivity index is 2.12. The minimum atomic E-state index is 0.150. The lowest BCUT2D eigenvalue weighted by Crippen LogP contribution is -2.43. The average Bonchev–Trinajstić information content (AvgIpc) is 2.74. The van der Waals surface area contributed by atoms with E-state index >= 15 is 0 Å². The van der Waals surface area contributed by atoms with Gasteiger partial charge in [-0.05, 0) is 20.3 Å². The second-order valence-electron chi connectivity index (χ2n) is 5.18. The Bertz CT molecular complexity index is 450. The highest BCUT2D eigenvalue weighted by atomic mass is 35.5. The number of aryl methyl sites for hydroxylation is 2. The summed E-state index contributed by atoms with van der Waals surface area (Å²) in [6.45, 7) is 7.16. The van der Waals surface area contributed by atoms with Crippen LogP contribution in [0, 0.1) is 6.92 Å². The quantitative estimate of drug-likeness (QED) is 0.897. The molecule has 3 atom stereocenters. The van der Waals surface area contributed by atoms with Gasteiger partial charge in [0, 0.05) is 41.0 Å². The van der Waals surface area contributed by atoms with Crippen molar-refractivity contribution in [2.24, 2.45) is 5.73 Å². The summed E-state index contributed by atoms with van der Waals surface area (Å²) in [6, 6.07) is 0.150. The van der Waals surface area contributed by atoms with E-state index in [-0.39, 0.29) is 6.04 Å². The Labute approximate surface area is 135 Å². The molecule has 1 aromatic rings. The normalized spacial score (nSPS) is 24.9. The molecule has 20 heavy (non-hydrogen) atoms. The number of hydrogen-bond donors (Lipinski definition) is 1. The SMILES string of the molecule is CCC1SCCSC1C(N)Cc1c(Cl)c(C)nn1CC. The predicted octanol–water partition coefficient (Wildman–Crippen LogP) is 3.36. The van der Waals surface area contributed by atoms with Crippen molar-refractivity contribution in [1.29, 1.82) is 0 Å². The van der Waals surface area contributed by atoms with Crippen LogP contribution < -0.4 is 5.73 Å². The summed E-state index contributed by atoms with van der Waals surface area (Å²) in [5.41, 5.74) is 8.53. The van der Waals surface area contributed by atoms with Crippen molar-refractivity contribution in [2.75, 3.05) is 11.5 Å². The number of nitrogens with zero attached hydrogens (tertiary/aromatic N) is 2. The molecule has 0 amide bonds. The smallest absolute Gasteiger partial charge is 0.0847 e. The van der Waals surface area contributed by atoms with E-state index in [4.69, 9.17) is 17.3 Å². The van der Waals surface area contributed by atoms with Gasteiger partial charge in [0.15, 0.2) is 0 Å². The van der Waals surface area contributed by atoms with Gasteiger partial charge in [0.25, 0.3) is 0 Å². The van der Waals surface area contributed by atoms with Crippen LogP contribution in [-0.4, -0.2) is 37.8 Å². The van der Waals surface area contributed by atoms with Crippen molar-refractivity contribution in [1.82, 2.24) is 9.78 Å². The van der Waals surface area contributed by atoms with Crippen molar-refractivity contribution in [2.45, 2.75) is 56.7 Å². The highest BCUT2D eigenvalue weighted by Crippen LogP contribution is 2.36. The molecular formula is C14H24ClN3S2. The molecule has 0 saturated carbocycles. The zero-order valence-corrected chi connectivity index (χ0v) is 14.8. The number of aromatic nitrogens is 2. The number of nitrogens with two attached hydrogens (primary N) is 1. The first-order valence-corrected chi connectivity index (χ1v) is 9.76. The van der Waals surface area contributed by atoms with Gasteiger partial charge in [0.2, 0.25) is 0 Å². The van der Waals surface area contributed by atoms with Crippen molar-refractivity contribution < 1.29 is 0 Å². The van der Waals surface area contributed by atoms with Gasteiger partial charge in [-0.3, -0.25) is 4.68 Å². The Morgan fingerprint density at radius 1 is 1.40 bits per heavy atom. The van der Waals surface area contributed by atoms with Crippen LogP contribution in [0.2, 0.25) is 5.02 Å². The summed E-state index contributed by atoms with van der Waals surface area (Å²) >= 11 is 10.5. The summed E-state index contributed by atoms with van der Waals surface area (Å²) in [5.74, 6) is 2.46. The third kappa shape index (κ3) is 3.49.